The summed E-state index contributed by atoms with van der Waals surface area (Å²) >= 11 is 0. The Bertz CT molecular complexity index is 934. The first kappa shape index (κ1) is 24.5. The zero-order chi connectivity index (χ0) is 23.6. The number of ether oxygens (including phenoxy) is 1. The van der Waals surface area contributed by atoms with Crippen LogP contribution in [0.3, 0.4) is 0 Å². The predicted molar refractivity (Wildman–Crippen MR) is 123 cm³/mol. The molecule has 0 saturated heterocycles. The minimum atomic E-state index is -1.55. The summed E-state index contributed by atoms with van der Waals surface area (Å²) in [6.45, 7) is 13.4. The third-order valence-electron chi connectivity index (χ3n) is 4.57. The topological polar surface area (TPSA) is 95.9 Å². The molecular weight excluding hydrogens is 412 g/mol. The smallest absolute Gasteiger partial charge is 0.408 e. The fourth-order valence-electron chi connectivity index (χ4n) is 3.22. The number of nitrogens with one attached hydrogen (secondary N) is 1. The second kappa shape index (κ2) is 9.14. The molecule has 31 heavy (non-hydrogen) atoms. The van der Waals surface area contributed by atoms with Gasteiger partial charge in [-0.05, 0) is 51.0 Å². The Morgan fingerprint density at radius 1 is 1.29 bits per heavy atom. The van der Waals surface area contributed by atoms with Crippen LogP contribution in [0.1, 0.15) is 45.2 Å². The highest BCUT2D eigenvalue weighted by Crippen LogP contribution is 2.34. The Morgan fingerprint density at radius 3 is 2.45 bits per heavy atom. The van der Waals surface area contributed by atoms with Crippen LogP contribution in [0.2, 0.25) is 19.6 Å². The number of aliphatic carboxylic acids is 1. The number of carbonyl (C=O) groups excluding carboxylic acids is 2. The lowest BCUT2D eigenvalue weighted by atomic mass is 10.1. The summed E-state index contributed by atoms with van der Waals surface area (Å²) in [6, 6.07) is 3.48. The number of carboxylic acid groups (broad SMARTS) is 1. The quantitative estimate of drug-likeness (QED) is 0.547. The van der Waals surface area contributed by atoms with Gasteiger partial charge in [0, 0.05) is 17.7 Å². The highest BCUT2D eigenvalue weighted by atomic mass is 28.3. The van der Waals surface area contributed by atoms with Crippen LogP contribution in [-0.4, -0.2) is 48.8 Å². The zero-order valence-electron chi connectivity index (χ0n) is 19.3. The number of rotatable bonds is 4. The summed E-state index contributed by atoms with van der Waals surface area (Å²) < 4.78 is 5.25. The molecule has 2 rings (SSSR count). The minimum Gasteiger partial charge on any atom is -0.480 e. The Labute approximate surface area is 185 Å². The van der Waals surface area contributed by atoms with E-state index in [1.807, 2.05) is 6.07 Å². The van der Waals surface area contributed by atoms with E-state index in [1.54, 1.807) is 39.8 Å². The van der Waals surface area contributed by atoms with E-state index in [2.05, 4.69) is 36.4 Å². The Kier molecular flexibility index (Phi) is 7.22. The van der Waals surface area contributed by atoms with Gasteiger partial charge in [-0.15, -0.1) is 5.54 Å². The first-order valence-corrected chi connectivity index (χ1v) is 13.9. The van der Waals surface area contributed by atoms with Crippen molar-refractivity contribution >= 4 is 31.7 Å². The van der Waals surface area contributed by atoms with Crippen LogP contribution < -0.4 is 10.2 Å². The molecule has 2 amide bonds. The third kappa shape index (κ3) is 6.59. The van der Waals surface area contributed by atoms with Crippen LogP contribution >= 0.6 is 0 Å². The number of carboxylic acids is 1. The monoisotopic (exact) mass is 444 g/mol. The van der Waals surface area contributed by atoms with Gasteiger partial charge >= 0.3 is 12.1 Å². The van der Waals surface area contributed by atoms with E-state index < -0.39 is 43.7 Å². The number of fused-ring (bicyclic) bond motifs is 1. The molecule has 1 heterocycles. The summed E-state index contributed by atoms with van der Waals surface area (Å²) in [5.74, 6) is 1.61. The lowest BCUT2D eigenvalue weighted by molar-refractivity contribution is -0.140. The number of nitrogens with zero attached hydrogens (tertiary/aromatic N) is 1. The summed E-state index contributed by atoms with van der Waals surface area (Å²) in [5.41, 5.74) is 4.70. The largest absolute Gasteiger partial charge is 0.480 e. The molecular formula is C23H32N2O5Si. The molecule has 1 aliphatic rings. The molecule has 1 aliphatic heterocycles. The number of hydrogen-bond acceptors (Lipinski definition) is 4. The molecule has 0 bridgehead atoms. The van der Waals surface area contributed by atoms with Gasteiger partial charge in [-0.2, -0.15) is 0 Å². The van der Waals surface area contributed by atoms with Crippen LogP contribution in [-0.2, 0) is 20.7 Å². The highest BCUT2D eigenvalue weighted by Gasteiger charge is 2.41. The maximum Gasteiger partial charge on any atom is 0.408 e. The number of amides is 2. The maximum atomic E-state index is 13.3. The standard InChI is InChI=1S/C23H32N2O5Si/c1-8-17(24-22(29)30-23(2,3)4)20(26)25-18-10-9-15(11-12-31(5,6)7)13-16(18)14-19(25)21(27)28/h9-10,13,17,19H,8,14H2,1-7H3,(H,24,29)(H,27,28)/t17-,19+/m0/s1. The molecule has 0 saturated carbocycles. The van der Waals surface area contributed by atoms with Gasteiger partial charge in [-0.25, -0.2) is 9.59 Å². The van der Waals surface area contributed by atoms with E-state index in [4.69, 9.17) is 4.74 Å². The van der Waals surface area contributed by atoms with Gasteiger partial charge in [0.05, 0.1) is 0 Å². The molecule has 0 unspecified atom stereocenters. The summed E-state index contributed by atoms with van der Waals surface area (Å²) in [4.78, 5) is 38.6. The molecule has 1 aromatic rings. The molecule has 0 aromatic heterocycles. The van der Waals surface area contributed by atoms with E-state index in [0.717, 1.165) is 11.1 Å². The molecule has 7 nitrogen and oxygen atoms in total. The molecule has 1 aromatic carbocycles. The van der Waals surface area contributed by atoms with E-state index in [9.17, 15) is 19.5 Å². The Morgan fingerprint density at radius 2 is 1.94 bits per heavy atom. The molecule has 0 spiro atoms. The summed E-state index contributed by atoms with van der Waals surface area (Å²) in [5, 5.41) is 12.3. The highest BCUT2D eigenvalue weighted by molar-refractivity contribution is 6.83. The van der Waals surface area contributed by atoms with E-state index in [1.165, 1.54) is 4.90 Å². The first-order valence-electron chi connectivity index (χ1n) is 10.4. The van der Waals surface area contributed by atoms with Gasteiger partial charge in [-0.1, -0.05) is 32.5 Å². The Hall–Kier alpha value is -2.79. The second-order valence-corrected chi connectivity index (χ2v) is 14.5. The number of hydrogen-bond donors (Lipinski definition) is 2. The van der Waals surface area contributed by atoms with Crippen LogP contribution in [0.25, 0.3) is 0 Å². The van der Waals surface area contributed by atoms with Crippen LogP contribution in [0, 0.1) is 11.5 Å². The molecule has 8 heteroatoms. The average Bonchev–Trinajstić information content (AvgIpc) is 3.00. The van der Waals surface area contributed by atoms with Crippen molar-refractivity contribution < 1.29 is 24.2 Å². The minimum absolute atomic E-state index is 0.196. The van der Waals surface area contributed by atoms with Crippen molar-refractivity contribution in [2.75, 3.05) is 4.90 Å². The molecule has 2 N–H and O–H groups in total. The molecule has 0 aliphatic carbocycles. The van der Waals surface area contributed by atoms with Crippen LogP contribution in [0.4, 0.5) is 10.5 Å². The molecule has 168 valence electrons. The maximum absolute atomic E-state index is 13.3. The van der Waals surface area contributed by atoms with Crippen molar-refractivity contribution in [2.24, 2.45) is 0 Å². The zero-order valence-corrected chi connectivity index (χ0v) is 20.3. The molecule has 0 fully saturated rings. The average molecular weight is 445 g/mol. The van der Waals surface area contributed by atoms with Crippen LogP contribution in [0.5, 0.6) is 0 Å². The SMILES string of the molecule is CC[C@H](NC(=O)OC(C)(C)C)C(=O)N1c2ccc(C#C[Si](C)(C)C)cc2C[C@@H]1C(=O)O. The number of alkyl carbamates (subject to hydrolysis) is 1. The number of anilines is 1. The lowest BCUT2D eigenvalue weighted by Gasteiger charge is -2.28. The van der Waals surface area contributed by atoms with Gasteiger partial charge in [-0.3, -0.25) is 9.69 Å². The second-order valence-electron chi connectivity index (χ2n) is 9.72. The van der Waals surface area contributed by atoms with Crippen molar-refractivity contribution in [2.45, 2.75) is 77.9 Å². The van der Waals surface area contributed by atoms with Gasteiger partial charge in [0.2, 0.25) is 0 Å². The summed E-state index contributed by atoms with van der Waals surface area (Å²) in [7, 11) is -1.55. The van der Waals surface area contributed by atoms with Gasteiger partial charge in [0.15, 0.2) is 0 Å². The molecule has 0 radical (unpaired) electrons. The first-order chi connectivity index (χ1) is 14.2. The third-order valence-corrected chi connectivity index (χ3v) is 5.44. The Balaban J connectivity index is 2.33. The number of benzene rings is 1. The van der Waals surface area contributed by atoms with E-state index in [0.29, 0.717) is 12.1 Å². The van der Waals surface area contributed by atoms with E-state index >= 15 is 0 Å². The van der Waals surface area contributed by atoms with Gasteiger partial charge in [0.25, 0.3) is 5.91 Å². The fourth-order valence-corrected chi connectivity index (χ4v) is 3.73. The van der Waals surface area contributed by atoms with Gasteiger partial charge in [0.1, 0.15) is 25.8 Å². The fraction of sp³-hybridized carbons (Fsp3) is 0.522. The summed E-state index contributed by atoms with van der Waals surface area (Å²) in [6.07, 6.45) is -0.214. The van der Waals surface area contributed by atoms with E-state index in [-0.39, 0.29) is 6.42 Å². The van der Waals surface area contributed by atoms with Gasteiger partial charge < -0.3 is 15.2 Å². The normalized spacial score (nSPS) is 16.6. The van der Waals surface area contributed by atoms with Crippen LogP contribution in [0.15, 0.2) is 18.2 Å². The van der Waals surface area contributed by atoms with Crippen molar-refractivity contribution in [3.63, 3.8) is 0 Å². The van der Waals surface area contributed by atoms with Crippen molar-refractivity contribution in [1.82, 2.24) is 5.32 Å². The number of carbonyl (C=O) groups is 3. The van der Waals surface area contributed by atoms with Crippen molar-refractivity contribution in [3.8, 4) is 11.5 Å². The molecule has 2 atom stereocenters. The van der Waals surface area contributed by atoms with Crippen molar-refractivity contribution in [1.29, 1.82) is 0 Å². The lowest BCUT2D eigenvalue weighted by Crippen LogP contribution is -2.53. The van der Waals surface area contributed by atoms with Crippen molar-refractivity contribution in [3.05, 3.63) is 29.3 Å². The predicted octanol–water partition coefficient (Wildman–Crippen LogP) is 3.56.